The van der Waals surface area contributed by atoms with Crippen molar-refractivity contribution in [3.8, 4) is 5.75 Å². The fourth-order valence-corrected chi connectivity index (χ4v) is 4.92. The normalized spacial score (nSPS) is 18.5. The van der Waals surface area contributed by atoms with Crippen molar-refractivity contribution in [2.24, 2.45) is 0 Å². The molecule has 7 heteroatoms. The van der Waals surface area contributed by atoms with Crippen LogP contribution in [0.15, 0.2) is 48.5 Å². The second kappa shape index (κ2) is 11.0. The average Bonchev–Trinajstić information content (AvgIpc) is 3.36. The van der Waals surface area contributed by atoms with E-state index >= 15 is 0 Å². The Morgan fingerprint density at radius 2 is 1.69 bits per heavy atom. The second-order valence-corrected chi connectivity index (χ2v) is 8.95. The summed E-state index contributed by atoms with van der Waals surface area (Å²) < 4.78 is 5.24. The Morgan fingerprint density at radius 3 is 2.34 bits per heavy atom. The standard InChI is InChI=1S/C25H33ClN4O2/c1-32-21-10-8-20(9-11-21)29-16-14-28(15-17-29)19-25(31)27-18-24(30-12-4-5-13-30)22-6-2-3-7-23(22)26/h2-3,6-11,24H,4-5,12-19H2,1H3,(H,27,31). The van der Waals surface area contributed by atoms with Crippen LogP contribution in [-0.4, -0.2) is 75.2 Å². The molecule has 0 spiro atoms. The van der Waals surface area contributed by atoms with Gasteiger partial charge in [0.2, 0.25) is 5.91 Å². The van der Waals surface area contributed by atoms with E-state index in [2.05, 4.69) is 38.2 Å². The fourth-order valence-electron chi connectivity index (χ4n) is 4.66. The Hall–Kier alpha value is -2.28. The number of nitrogens with zero attached hydrogens (tertiary/aromatic N) is 3. The lowest BCUT2D eigenvalue weighted by molar-refractivity contribution is -0.122. The molecular weight excluding hydrogens is 424 g/mol. The molecule has 1 unspecified atom stereocenters. The Bertz CT molecular complexity index is 878. The first kappa shape index (κ1) is 22.9. The minimum atomic E-state index is 0.0825. The van der Waals surface area contributed by atoms with Crippen molar-refractivity contribution in [1.29, 1.82) is 0 Å². The third kappa shape index (κ3) is 5.74. The van der Waals surface area contributed by atoms with Crippen LogP contribution in [0, 0.1) is 0 Å². The van der Waals surface area contributed by atoms with Crippen molar-refractivity contribution in [3.63, 3.8) is 0 Å². The van der Waals surface area contributed by atoms with Crippen molar-refractivity contribution in [1.82, 2.24) is 15.1 Å². The van der Waals surface area contributed by atoms with Gasteiger partial charge in [0, 0.05) is 43.4 Å². The zero-order chi connectivity index (χ0) is 22.3. The fraction of sp³-hybridized carbons (Fsp3) is 0.480. The van der Waals surface area contributed by atoms with Gasteiger partial charge in [0.25, 0.3) is 0 Å². The molecule has 1 N–H and O–H groups in total. The van der Waals surface area contributed by atoms with Gasteiger partial charge in [0.15, 0.2) is 0 Å². The van der Waals surface area contributed by atoms with E-state index < -0.39 is 0 Å². The highest BCUT2D eigenvalue weighted by atomic mass is 35.5. The molecule has 0 aliphatic carbocycles. The number of benzene rings is 2. The minimum Gasteiger partial charge on any atom is -0.497 e. The van der Waals surface area contributed by atoms with Crippen molar-refractivity contribution >= 4 is 23.2 Å². The molecule has 172 valence electrons. The number of amides is 1. The summed E-state index contributed by atoms with van der Waals surface area (Å²) in [5.74, 6) is 0.951. The number of likely N-dealkylation sites (tertiary alicyclic amines) is 1. The van der Waals surface area contributed by atoms with Crippen LogP contribution in [0.5, 0.6) is 5.75 Å². The van der Waals surface area contributed by atoms with Gasteiger partial charge in [0.1, 0.15) is 5.75 Å². The summed E-state index contributed by atoms with van der Waals surface area (Å²) in [6.45, 7) is 6.71. The van der Waals surface area contributed by atoms with Crippen LogP contribution in [0.1, 0.15) is 24.4 Å². The number of hydrogen-bond acceptors (Lipinski definition) is 5. The van der Waals surface area contributed by atoms with E-state index in [0.717, 1.165) is 55.6 Å². The summed E-state index contributed by atoms with van der Waals surface area (Å²) in [5.41, 5.74) is 2.30. The highest BCUT2D eigenvalue weighted by Crippen LogP contribution is 2.29. The third-order valence-corrected chi connectivity index (χ3v) is 6.86. The zero-order valence-electron chi connectivity index (χ0n) is 18.8. The van der Waals surface area contributed by atoms with Crippen molar-refractivity contribution in [2.45, 2.75) is 18.9 Å². The van der Waals surface area contributed by atoms with Crippen molar-refractivity contribution < 1.29 is 9.53 Å². The summed E-state index contributed by atoms with van der Waals surface area (Å²) in [4.78, 5) is 19.8. The molecule has 2 aliphatic rings. The van der Waals surface area contributed by atoms with Crippen LogP contribution < -0.4 is 15.0 Å². The quantitative estimate of drug-likeness (QED) is 0.659. The molecule has 2 fully saturated rings. The number of nitrogens with one attached hydrogen (secondary N) is 1. The SMILES string of the molecule is COc1ccc(N2CCN(CC(=O)NCC(c3ccccc3Cl)N3CCCC3)CC2)cc1. The van der Waals surface area contributed by atoms with Crippen molar-refractivity contribution in [3.05, 3.63) is 59.1 Å². The molecule has 0 saturated carbocycles. The maximum absolute atomic E-state index is 12.7. The molecule has 2 aromatic carbocycles. The van der Waals surface area contributed by atoms with E-state index in [-0.39, 0.29) is 11.9 Å². The maximum Gasteiger partial charge on any atom is 0.234 e. The molecule has 0 radical (unpaired) electrons. The summed E-state index contributed by atoms with van der Waals surface area (Å²) in [5, 5.41) is 3.95. The van der Waals surface area contributed by atoms with Gasteiger partial charge < -0.3 is 15.0 Å². The van der Waals surface area contributed by atoms with E-state index in [1.54, 1.807) is 7.11 Å². The van der Waals surface area contributed by atoms with Gasteiger partial charge in [-0.15, -0.1) is 0 Å². The Kier molecular flexibility index (Phi) is 7.90. The summed E-state index contributed by atoms with van der Waals surface area (Å²) in [6.07, 6.45) is 2.40. The highest BCUT2D eigenvalue weighted by Gasteiger charge is 2.26. The van der Waals surface area contributed by atoms with Gasteiger partial charge in [-0.2, -0.15) is 0 Å². The predicted octanol–water partition coefficient (Wildman–Crippen LogP) is 3.42. The van der Waals surface area contributed by atoms with Gasteiger partial charge in [-0.05, 0) is 61.8 Å². The lowest BCUT2D eigenvalue weighted by atomic mass is 10.1. The first-order chi connectivity index (χ1) is 15.6. The molecule has 1 atom stereocenters. The number of rotatable bonds is 8. The van der Waals surface area contributed by atoms with Crippen LogP contribution in [0.2, 0.25) is 5.02 Å². The van der Waals surface area contributed by atoms with E-state index in [1.165, 1.54) is 18.5 Å². The smallest absolute Gasteiger partial charge is 0.234 e. The van der Waals surface area contributed by atoms with E-state index in [9.17, 15) is 4.79 Å². The molecule has 32 heavy (non-hydrogen) atoms. The van der Waals surface area contributed by atoms with E-state index in [1.807, 2.05) is 30.3 Å². The number of carbonyl (C=O) groups excluding carboxylic acids is 1. The number of halogens is 1. The lowest BCUT2D eigenvalue weighted by Crippen LogP contribution is -2.50. The number of anilines is 1. The second-order valence-electron chi connectivity index (χ2n) is 8.55. The molecule has 2 heterocycles. The van der Waals surface area contributed by atoms with Crippen LogP contribution in [0.3, 0.4) is 0 Å². The van der Waals surface area contributed by atoms with Gasteiger partial charge in [0.05, 0.1) is 19.7 Å². The minimum absolute atomic E-state index is 0.0825. The predicted molar refractivity (Wildman–Crippen MR) is 130 cm³/mol. The zero-order valence-corrected chi connectivity index (χ0v) is 19.6. The number of ether oxygens (including phenoxy) is 1. The Balaban J connectivity index is 1.27. The van der Waals surface area contributed by atoms with Gasteiger partial charge in [-0.3, -0.25) is 14.6 Å². The molecule has 6 nitrogen and oxygen atoms in total. The van der Waals surface area contributed by atoms with Crippen LogP contribution >= 0.6 is 11.6 Å². The van der Waals surface area contributed by atoms with Crippen LogP contribution in [0.25, 0.3) is 0 Å². The van der Waals surface area contributed by atoms with Gasteiger partial charge >= 0.3 is 0 Å². The lowest BCUT2D eigenvalue weighted by Gasteiger charge is -2.36. The molecule has 2 aromatic rings. The summed E-state index contributed by atoms with van der Waals surface area (Å²) >= 11 is 6.49. The average molecular weight is 457 g/mol. The topological polar surface area (TPSA) is 48.1 Å². The van der Waals surface area contributed by atoms with Gasteiger partial charge in [-0.1, -0.05) is 29.8 Å². The van der Waals surface area contributed by atoms with E-state index in [0.29, 0.717) is 13.1 Å². The van der Waals surface area contributed by atoms with Crippen LogP contribution in [0.4, 0.5) is 5.69 Å². The highest BCUT2D eigenvalue weighted by molar-refractivity contribution is 6.31. The Labute approximate surface area is 196 Å². The molecule has 0 bridgehead atoms. The molecular formula is C25H33ClN4O2. The number of methoxy groups -OCH3 is 1. The first-order valence-electron chi connectivity index (χ1n) is 11.5. The number of hydrogen-bond donors (Lipinski definition) is 1. The summed E-state index contributed by atoms with van der Waals surface area (Å²) in [7, 11) is 1.68. The molecule has 0 aromatic heterocycles. The first-order valence-corrected chi connectivity index (χ1v) is 11.9. The molecule has 1 amide bonds. The molecule has 2 saturated heterocycles. The van der Waals surface area contributed by atoms with Crippen molar-refractivity contribution in [2.75, 3.05) is 64.4 Å². The summed E-state index contributed by atoms with van der Waals surface area (Å²) in [6, 6.07) is 16.3. The largest absolute Gasteiger partial charge is 0.497 e. The molecule has 2 aliphatic heterocycles. The monoisotopic (exact) mass is 456 g/mol. The molecule has 4 rings (SSSR count). The van der Waals surface area contributed by atoms with E-state index in [4.69, 9.17) is 16.3 Å². The maximum atomic E-state index is 12.7. The Morgan fingerprint density at radius 1 is 1.00 bits per heavy atom. The van der Waals surface area contributed by atoms with Gasteiger partial charge in [-0.25, -0.2) is 0 Å². The van der Waals surface area contributed by atoms with Crippen LogP contribution in [-0.2, 0) is 4.79 Å². The number of piperazine rings is 1. The third-order valence-electron chi connectivity index (χ3n) is 6.52. The number of carbonyl (C=O) groups is 1.